The first-order chi connectivity index (χ1) is 4.35. The Morgan fingerprint density at radius 1 is 1.22 bits per heavy atom. The molecule has 0 fully saturated rings. The zero-order valence-corrected chi connectivity index (χ0v) is 8.00. The molecule has 0 unspecified atom stereocenters. The van der Waals surface area contributed by atoms with Crippen LogP contribution in [0.3, 0.4) is 0 Å². The molecule has 0 bridgehead atoms. The normalized spacial score (nSPS) is 9.67. The molecule has 55 valence electrons. The van der Waals surface area contributed by atoms with E-state index in [9.17, 15) is 0 Å². The summed E-state index contributed by atoms with van der Waals surface area (Å²) in [7, 11) is 3.49. The van der Waals surface area contributed by atoms with E-state index in [1.165, 1.54) is 17.6 Å². The molecule has 0 N–H and O–H groups in total. The molecule has 0 spiro atoms. The van der Waals surface area contributed by atoms with Gasteiger partial charge in [0.15, 0.2) is 0 Å². The number of unbranched alkanes of at least 4 members (excludes halogenated alkanes) is 1. The van der Waals surface area contributed by atoms with Crippen LogP contribution in [0, 0.1) is 0 Å². The van der Waals surface area contributed by atoms with E-state index < -0.39 is 18.6 Å². The van der Waals surface area contributed by atoms with E-state index in [4.69, 9.17) is 6.64 Å². The molecule has 3 heteroatoms. The van der Waals surface area contributed by atoms with Gasteiger partial charge < -0.3 is 0 Å². The van der Waals surface area contributed by atoms with Crippen LogP contribution in [0.15, 0.2) is 0 Å². The Bertz CT molecular complexity index is 55.0. The molecule has 0 radical (unpaired) electrons. The minimum absolute atomic E-state index is 1.17. The fraction of sp³-hybridized carbons (Fsp3) is 1.00. The molecule has 0 saturated heterocycles. The van der Waals surface area contributed by atoms with Gasteiger partial charge in [-0.25, -0.2) is 0 Å². The summed E-state index contributed by atoms with van der Waals surface area (Å²) >= 11 is -1.45. The van der Waals surface area contributed by atoms with E-state index in [0.717, 1.165) is 0 Å². The monoisotopic (exact) mass is 167 g/mol. The van der Waals surface area contributed by atoms with Crippen LogP contribution in [-0.4, -0.2) is 14.2 Å². The van der Waals surface area contributed by atoms with Gasteiger partial charge in [0, 0.05) is 0 Å². The Hall–Kier alpha value is 0.634. The molecule has 0 aromatic rings. The Morgan fingerprint density at radius 3 is 2.11 bits per heavy atom. The topological polar surface area (TPSA) is 18.5 Å². The first-order valence-corrected chi connectivity index (χ1v) is 5.66. The SMILES string of the molecule is CCC[CH2][Ti]([O]C)[O]C. The van der Waals surface area contributed by atoms with Gasteiger partial charge in [-0.15, -0.1) is 0 Å². The zero-order chi connectivity index (χ0) is 7.11. The van der Waals surface area contributed by atoms with Crippen LogP contribution in [0.5, 0.6) is 0 Å². The third-order valence-corrected chi connectivity index (χ3v) is 3.80. The van der Waals surface area contributed by atoms with E-state index >= 15 is 0 Å². The Balaban J connectivity index is 3.09. The predicted molar refractivity (Wildman–Crippen MR) is 33.7 cm³/mol. The fourth-order valence-electron chi connectivity index (χ4n) is 0.609. The molecule has 0 rings (SSSR count). The third-order valence-electron chi connectivity index (χ3n) is 1.19. The average Bonchev–Trinajstić information content (AvgIpc) is 1.91. The predicted octanol–water partition coefficient (Wildman–Crippen LogP) is 1.95. The number of rotatable bonds is 5. The molecule has 0 amide bonds. The van der Waals surface area contributed by atoms with Gasteiger partial charge >= 0.3 is 64.0 Å². The molecule has 9 heavy (non-hydrogen) atoms. The van der Waals surface area contributed by atoms with Crippen LogP contribution in [0.2, 0.25) is 4.73 Å². The van der Waals surface area contributed by atoms with Crippen molar-refractivity contribution in [1.82, 2.24) is 0 Å². The average molecular weight is 167 g/mol. The van der Waals surface area contributed by atoms with Gasteiger partial charge in [-0.05, 0) is 0 Å². The first kappa shape index (κ1) is 9.63. The van der Waals surface area contributed by atoms with Gasteiger partial charge in [0.05, 0.1) is 0 Å². The second kappa shape index (κ2) is 6.75. The van der Waals surface area contributed by atoms with Crippen LogP contribution in [0.25, 0.3) is 0 Å². The second-order valence-electron chi connectivity index (χ2n) is 1.88. The van der Waals surface area contributed by atoms with Crippen LogP contribution in [-0.2, 0) is 25.3 Å². The van der Waals surface area contributed by atoms with Crippen molar-refractivity contribution in [3.63, 3.8) is 0 Å². The molecule has 0 heterocycles. The van der Waals surface area contributed by atoms with Crippen molar-refractivity contribution in [2.75, 3.05) is 14.2 Å². The van der Waals surface area contributed by atoms with Crippen LogP contribution in [0.1, 0.15) is 19.8 Å². The van der Waals surface area contributed by atoms with Gasteiger partial charge in [0.2, 0.25) is 0 Å². The summed E-state index contributed by atoms with van der Waals surface area (Å²) in [5, 5.41) is 0. The van der Waals surface area contributed by atoms with Crippen molar-refractivity contribution >= 4 is 0 Å². The molecule has 0 atom stereocenters. The fourth-order valence-corrected chi connectivity index (χ4v) is 2.51. The molecule has 0 aromatic carbocycles. The van der Waals surface area contributed by atoms with Crippen LogP contribution < -0.4 is 0 Å². The van der Waals surface area contributed by atoms with Crippen LogP contribution in [0.4, 0.5) is 0 Å². The molecule has 2 nitrogen and oxygen atoms in total. The van der Waals surface area contributed by atoms with Gasteiger partial charge in [-0.1, -0.05) is 0 Å². The first-order valence-electron chi connectivity index (χ1n) is 3.29. The van der Waals surface area contributed by atoms with Gasteiger partial charge in [0.25, 0.3) is 0 Å². The molecule has 0 aliphatic heterocycles. The van der Waals surface area contributed by atoms with Gasteiger partial charge in [-0.2, -0.15) is 0 Å². The summed E-state index contributed by atoms with van der Waals surface area (Å²) in [6.07, 6.45) is 2.49. The Morgan fingerprint density at radius 2 is 1.78 bits per heavy atom. The van der Waals surface area contributed by atoms with Crippen molar-refractivity contribution in [2.45, 2.75) is 24.5 Å². The van der Waals surface area contributed by atoms with E-state index in [0.29, 0.717) is 0 Å². The van der Waals surface area contributed by atoms with Crippen molar-refractivity contribution in [3.05, 3.63) is 0 Å². The second-order valence-corrected chi connectivity index (χ2v) is 5.10. The molecule has 0 aliphatic rings. The van der Waals surface area contributed by atoms with Crippen molar-refractivity contribution in [1.29, 1.82) is 0 Å². The van der Waals surface area contributed by atoms with E-state index in [1.54, 1.807) is 14.2 Å². The zero-order valence-electron chi connectivity index (χ0n) is 6.44. The van der Waals surface area contributed by atoms with E-state index in [-0.39, 0.29) is 0 Å². The van der Waals surface area contributed by atoms with Crippen molar-refractivity contribution in [3.8, 4) is 0 Å². The summed E-state index contributed by atoms with van der Waals surface area (Å²) < 4.78 is 11.5. The third kappa shape index (κ3) is 5.10. The summed E-state index contributed by atoms with van der Waals surface area (Å²) in [6, 6.07) is 0. The Kier molecular flexibility index (Phi) is 7.23. The summed E-state index contributed by atoms with van der Waals surface area (Å²) in [6.45, 7) is 2.18. The van der Waals surface area contributed by atoms with Crippen molar-refractivity contribution < 1.29 is 25.3 Å². The molecular weight excluding hydrogens is 152 g/mol. The Labute approximate surface area is 64.3 Å². The quantitative estimate of drug-likeness (QED) is 0.582. The summed E-state index contributed by atoms with van der Waals surface area (Å²) in [4.78, 5) is 0. The summed E-state index contributed by atoms with van der Waals surface area (Å²) in [5.41, 5.74) is 0. The van der Waals surface area contributed by atoms with Crippen molar-refractivity contribution in [2.24, 2.45) is 0 Å². The van der Waals surface area contributed by atoms with Crippen LogP contribution >= 0.6 is 0 Å². The maximum atomic E-state index is 5.15. The van der Waals surface area contributed by atoms with E-state index in [2.05, 4.69) is 6.92 Å². The molecule has 0 aliphatic carbocycles. The number of hydrogen-bond donors (Lipinski definition) is 0. The number of hydrogen-bond acceptors (Lipinski definition) is 2. The molecule has 0 aromatic heterocycles. The molecule has 0 saturated carbocycles. The molecular formula is C6H15O2Ti. The maximum absolute atomic E-state index is 5.15. The standard InChI is InChI=1S/C4H9.2CH3O.Ti/c1-3-4-2;2*1-2;/h1,3-4H2,2H3;2*1H3;/q;2*-1;+2. The summed E-state index contributed by atoms with van der Waals surface area (Å²) in [5.74, 6) is 0. The minimum atomic E-state index is -1.45. The van der Waals surface area contributed by atoms with E-state index in [1.807, 2.05) is 0 Å². The van der Waals surface area contributed by atoms with Gasteiger partial charge in [-0.3, -0.25) is 0 Å². The van der Waals surface area contributed by atoms with Gasteiger partial charge in [0.1, 0.15) is 0 Å².